The van der Waals surface area contributed by atoms with E-state index in [9.17, 15) is 18.4 Å². The Bertz CT molecular complexity index is 480. The normalized spacial score (nSPS) is 10.6. The number of carbonyl (C=O) groups excluding carboxylic acids is 2. The molecular weight excluding hydrogens is 284 g/mol. The van der Waals surface area contributed by atoms with Crippen molar-refractivity contribution in [2.45, 2.75) is 20.1 Å². The molecule has 1 rings (SSSR count). The molecule has 0 heterocycles. The van der Waals surface area contributed by atoms with Crippen molar-refractivity contribution in [2.24, 2.45) is 0 Å². The molecule has 0 saturated carbocycles. The Balaban J connectivity index is 2.41. The van der Waals surface area contributed by atoms with Crippen LogP contribution in [0.4, 0.5) is 8.78 Å². The molecule has 1 aromatic rings. The first kappa shape index (κ1) is 16.8. The third-order valence-corrected chi connectivity index (χ3v) is 2.39. The largest absolute Gasteiger partial charge is 0.435 e. The van der Waals surface area contributed by atoms with Crippen LogP contribution in [0.1, 0.15) is 12.5 Å². The zero-order chi connectivity index (χ0) is 15.8. The lowest BCUT2D eigenvalue weighted by atomic mass is 10.2. The number of benzene rings is 1. The highest BCUT2D eigenvalue weighted by atomic mass is 19.3. The Hall–Kier alpha value is -2.22. The molecule has 0 aliphatic rings. The molecule has 0 atom stereocenters. The van der Waals surface area contributed by atoms with Gasteiger partial charge in [0, 0.05) is 13.5 Å². The number of amides is 2. The van der Waals surface area contributed by atoms with Crippen LogP contribution in [0.5, 0.6) is 5.75 Å². The van der Waals surface area contributed by atoms with E-state index in [2.05, 4.69) is 15.6 Å². The maximum atomic E-state index is 12.0. The minimum Gasteiger partial charge on any atom is -0.435 e. The fourth-order valence-electron chi connectivity index (χ4n) is 1.59. The number of ether oxygens (including phenoxy) is 1. The molecule has 1 aromatic carbocycles. The van der Waals surface area contributed by atoms with Gasteiger partial charge in [-0.15, -0.1) is 0 Å². The Morgan fingerprint density at radius 2 is 1.86 bits per heavy atom. The van der Waals surface area contributed by atoms with E-state index in [1.807, 2.05) is 0 Å². The first-order valence-electron chi connectivity index (χ1n) is 6.14. The van der Waals surface area contributed by atoms with Crippen LogP contribution in [-0.2, 0) is 16.1 Å². The summed E-state index contributed by atoms with van der Waals surface area (Å²) >= 11 is 0. The molecule has 0 radical (unpaired) electrons. The molecule has 6 nitrogen and oxygen atoms in total. The second-order valence-corrected chi connectivity index (χ2v) is 4.42. The maximum absolute atomic E-state index is 12.0. The van der Waals surface area contributed by atoms with Crippen LogP contribution in [0, 0.1) is 0 Å². The molecule has 0 aliphatic heterocycles. The van der Waals surface area contributed by atoms with E-state index < -0.39 is 6.61 Å². The first-order chi connectivity index (χ1) is 9.86. The molecular formula is C13H17F2N3O3. The predicted octanol–water partition coefficient (Wildman–Crippen LogP) is 0.887. The average molecular weight is 301 g/mol. The number of halogens is 2. The predicted molar refractivity (Wildman–Crippen MR) is 71.4 cm³/mol. The van der Waals surface area contributed by atoms with Crippen molar-refractivity contribution in [3.8, 4) is 5.75 Å². The number of carbonyl (C=O) groups is 2. The summed E-state index contributed by atoms with van der Waals surface area (Å²) in [6.45, 7) is -1.04. The summed E-state index contributed by atoms with van der Waals surface area (Å²) in [7, 11) is 1.72. The molecule has 116 valence electrons. The van der Waals surface area contributed by atoms with Gasteiger partial charge >= 0.3 is 6.61 Å². The summed E-state index contributed by atoms with van der Waals surface area (Å²) in [5.41, 5.74) is 5.27. The van der Waals surface area contributed by atoms with Gasteiger partial charge in [-0.2, -0.15) is 8.78 Å². The van der Waals surface area contributed by atoms with Gasteiger partial charge in [0.25, 0.3) is 5.91 Å². The monoisotopic (exact) mass is 301 g/mol. The maximum Gasteiger partial charge on any atom is 0.387 e. The number of nitrogens with one attached hydrogen (secondary N) is 2. The Morgan fingerprint density at radius 3 is 2.38 bits per heavy atom. The highest BCUT2D eigenvalue weighted by Crippen LogP contribution is 2.15. The molecule has 0 fully saturated rings. The lowest BCUT2D eigenvalue weighted by Crippen LogP contribution is -2.44. The third kappa shape index (κ3) is 7.21. The number of hydrazine groups is 1. The van der Waals surface area contributed by atoms with Crippen molar-refractivity contribution in [1.82, 2.24) is 15.8 Å². The third-order valence-electron chi connectivity index (χ3n) is 2.39. The smallest absolute Gasteiger partial charge is 0.387 e. The fraction of sp³-hybridized carbons (Fsp3) is 0.385. The van der Waals surface area contributed by atoms with Crippen molar-refractivity contribution in [3.63, 3.8) is 0 Å². The van der Waals surface area contributed by atoms with Gasteiger partial charge in [-0.3, -0.25) is 25.3 Å². The molecule has 0 spiro atoms. The van der Waals surface area contributed by atoms with E-state index in [0.29, 0.717) is 6.54 Å². The minimum absolute atomic E-state index is 0.0789. The highest BCUT2D eigenvalue weighted by molar-refractivity contribution is 5.81. The number of hydrogen-bond acceptors (Lipinski definition) is 4. The quantitative estimate of drug-likeness (QED) is 0.766. The summed E-state index contributed by atoms with van der Waals surface area (Å²) in [4.78, 5) is 23.8. The lowest BCUT2D eigenvalue weighted by Gasteiger charge is -2.16. The van der Waals surface area contributed by atoms with Gasteiger partial charge in [0.1, 0.15) is 5.75 Å². The molecule has 0 saturated heterocycles. The standard InChI is InChI=1S/C13H17F2N3O3/c1-9(19)16-17-12(20)8-18(2)7-10-3-5-11(6-4-10)21-13(14)15/h3-6,13H,7-8H2,1-2H3,(H,16,19)(H,17,20). The Labute approximate surface area is 121 Å². The van der Waals surface area contributed by atoms with Gasteiger partial charge in [0.2, 0.25) is 5.91 Å². The SMILES string of the molecule is CC(=O)NNC(=O)CN(C)Cc1ccc(OC(F)F)cc1. The first-order valence-corrected chi connectivity index (χ1v) is 6.14. The van der Waals surface area contributed by atoms with Gasteiger partial charge in [-0.1, -0.05) is 12.1 Å². The number of hydrogen-bond donors (Lipinski definition) is 2. The summed E-state index contributed by atoms with van der Waals surface area (Å²) < 4.78 is 28.2. The van der Waals surface area contributed by atoms with Gasteiger partial charge in [-0.25, -0.2) is 0 Å². The van der Waals surface area contributed by atoms with Crippen LogP contribution < -0.4 is 15.6 Å². The molecule has 0 bridgehead atoms. The minimum atomic E-state index is -2.85. The van der Waals surface area contributed by atoms with Gasteiger partial charge in [-0.05, 0) is 24.7 Å². The summed E-state index contributed by atoms with van der Waals surface area (Å²) in [5, 5.41) is 0. The van der Waals surface area contributed by atoms with Crippen LogP contribution in [0.3, 0.4) is 0 Å². The fourth-order valence-corrected chi connectivity index (χ4v) is 1.59. The van der Waals surface area contributed by atoms with Crippen LogP contribution in [-0.4, -0.2) is 36.9 Å². The average Bonchev–Trinajstić information content (AvgIpc) is 2.38. The van der Waals surface area contributed by atoms with Crippen LogP contribution in [0.2, 0.25) is 0 Å². The van der Waals surface area contributed by atoms with E-state index in [1.165, 1.54) is 19.1 Å². The van der Waals surface area contributed by atoms with E-state index in [0.717, 1.165) is 5.56 Å². The van der Waals surface area contributed by atoms with Crippen molar-refractivity contribution >= 4 is 11.8 Å². The Kier molecular flexibility index (Phi) is 6.54. The van der Waals surface area contributed by atoms with Crippen molar-refractivity contribution < 1.29 is 23.1 Å². The number of likely N-dealkylation sites (N-methyl/N-ethyl adjacent to an activating group) is 1. The summed E-state index contributed by atoms with van der Waals surface area (Å²) in [6.07, 6.45) is 0. The van der Waals surface area contributed by atoms with Crippen LogP contribution in [0.25, 0.3) is 0 Å². The van der Waals surface area contributed by atoms with E-state index in [4.69, 9.17) is 0 Å². The number of alkyl halides is 2. The zero-order valence-electron chi connectivity index (χ0n) is 11.7. The molecule has 21 heavy (non-hydrogen) atoms. The lowest BCUT2D eigenvalue weighted by molar-refractivity contribution is -0.128. The number of rotatable bonds is 6. The summed E-state index contributed by atoms with van der Waals surface area (Å²) in [6, 6.07) is 6.15. The second-order valence-electron chi connectivity index (χ2n) is 4.42. The van der Waals surface area contributed by atoms with E-state index in [-0.39, 0.29) is 24.1 Å². The van der Waals surface area contributed by atoms with Crippen molar-refractivity contribution in [1.29, 1.82) is 0 Å². The molecule has 0 unspecified atom stereocenters. The van der Waals surface area contributed by atoms with Gasteiger partial charge in [0.05, 0.1) is 6.54 Å². The molecule has 8 heteroatoms. The van der Waals surface area contributed by atoms with Crippen LogP contribution in [0.15, 0.2) is 24.3 Å². The molecule has 0 aliphatic carbocycles. The van der Waals surface area contributed by atoms with Crippen molar-refractivity contribution in [3.05, 3.63) is 29.8 Å². The Morgan fingerprint density at radius 1 is 1.24 bits per heavy atom. The summed E-state index contributed by atoms with van der Waals surface area (Å²) in [5.74, 6) is -0.634. The van der Waals surface area contributed by atoms with Crippen molar-refractivity contribution in [2.75, 3.05) is 13.6 Å². The van der Waals surface area contributed by atoms with E-state index >= 15 is 0 Å². The van der Waals surface area contributed by atoms with Gasteiger partial charge in [0.15, 0.2) is 0 Å². The highest BCUT2D eigenvalue weighted by Gasteiger charge is 2.08. The van der Waals surface area contributed by atoms with Gasteiger partial charge < -0.3 is 4.74 Å². The van der Waals surface area contributed by atoms with Crippen LogP contribution >= 0.6 is 0 Å². The number of nitrogens with zero attached hydrogens (tertiary/aromatic N) is 1. The molecule has 2 amide bonds. The molecule has 2 N–H and O–H groups in total. The van der Waals surface area contributed by atoms with E-state index in [1.54, 1.807) is 24.1 Å². The zero-order valence-corrected chi connectivity index (χ0v) is 11.7. The second kappa shape index (κ2) is 8.15. The topological polar surface area (TPSA) is 70.7 Å². The molecule has 0 aromatic heterocycles.